The third kappa shape index (κ3) is 6.27. The van der Waals surface area contributed by atoms with Crippen molar-refractivity contribution < 1.29 is 14.3 Å². The lowest BCUT2D eigenvalue weighted by Crippen LogP contribution is -2.46. The Morgan fingerprint density at radius 3 is 2.66 bits per heavy atom. The van der Waals surface area contributed by atoms with Gasteiger partial charge in [-0.1, -0.05) is 37.3 Å². The van der Waals surface area contributed by atoms with E-state index in [1.54, 1.807) is 11.3 Å². The van der Waals surface area contributed by atoms with Crippen molar-refractivity contribution in [1.29, 1.82) is 0 Å². The lowest BCUT2D eigenvalue weighted by molar-refractivity contribution is -0.136. The number of urea groups is 1. The van der Waals surface area contributed by atoms with Crippen LogP contribution >= 0.6 is 11.3 Å². The van der Waals surface area contributed by atoms with E-state index >= 15 is 0 Å². The molecule has 1 aliphatic heterocycles. The van der Waals surface area contributed by atoms with E-state index in [0.29, 0.717) is 39.3 Å². The number of carbonyl (C=O) groups excluding carboxylic acids is 2. The van der Waals surface area contributed by atoms with Crippen molar-refractivity contribution in [3.63, 3.8) is 0 Å². The summed E-state index contributed by atoms with van der Waals surface area (Å²) in [5.74, 6) is -0.389. The SMILES string of the molecule is CCc1nc(CCNC(=O)NCC(C(=O)N2CCOCC2)c2ccccc2)cs1. The number of nitrogens with zero attached hydrogens (tertiary/aromatic N) is 2. The number of ether oxygens (including phenoxy) is 1. The largest absolute Gasteiger partial charge is 0.378 e. The zero-order valence-electron chi connectivity index (χ0n) is 16.7. The Balaban J connectivity index is 1.52. The average molecular weight is 417 g/mol. The molecule has 1 aromatic carbocycles. The van der Waals surface area contributed by atoms with E-state index in [-0.39, 0.29) is 18.5 Å². The summed E-state index contributed by atoms with van der Waals surface area (Å²) in [7, 11) is 0. The van der Waals surface area contributed by atoms with Crippen LogP contribution in [0.3, 0.4) is 0 Å². The molecule has 2 N–H and O–H groups in total. The first-order valence-electron chi connectivity index (χ1n) is 10.0. The number of thiazole rings is 1. The average Bonchev–Trinajstić information content (AvgIpc) is 3.23. The van der Waals surface area contributed by atoms with Crippen LogP contribution in [0.4, 0.5) is 4.79 Å². The molecular weight excluding hydrogens is 388 g/mol. The summed E-state index contributed by atoms with van der Waals surface area (Å²) >= 11 is 1.65. The van der Waals surface area contributed by atoms with E-state index in [1.807, 2.05) is 40.6 Å². The first-order chi connectivity index (χ1) is 14.2. The highest BCUT2D eigenvalue weighted by atomic mass is 32.1. The Hall–Kier alpha value is -2.45. The second-order valence-corrected chi connectivity index (χ2v) is 7.82. The number of aromatic nitrogens is 1. The molecule has 1 aliphatic rings. The fraction of sp³-hybridized carbons (Fsp3) is 0.476. The van der Waals surface area contributed by atoms with Gasteiger partial charge in [0.1, 0.15) is 0 Å². The molecule has 156 valence electrons. The van der Waals surface area contributed by atoms with Gasteiger partial charge < -0.3 is 20.3 Å². The number of morpholine rings is 1. The van der Waals surface area contributed by atoms with Crippen LogP contribution in [-0.4, -0.2) is 61.2 Å². The van der Waals surface area contributed by atoms with E-state index in [4.69, 9.17) is 4.74 Å². The molecular formula is C21H28N4O3S. The number of hydrogen-bond donors (Lipinski definition) is 2. The van der Waals surface area contributed by atoms with Gasteiger partial charge in [-0.25, -0.2) is 9.78 Å². The van der Waals surface area contributed by atoms with Gasteiger partial charge in [0.25, 0.3) is 0 Å². The predicted molar refractivity (Wildman–Crippen MR) is 113 cm³/mol. The predicted octanol–water partition coefficient (Wildman–Crippen LogP) is 2.19. The van der Waals surface area contributed by atoms with E-state index in [9.17, 15) is 9.59 Å². The van der Waals surface area contributed by atoms with Crippen molar-refractivity contribution in [3.05, 3.63) is 52.0 Å². The first kappa shape index (κ1) is 21.3. The van der Waals surface area contributed by atoms with Crippen LogP contribution in [0.5, 0.6) is 0 Å². The van der Waals surface area contributed by atoms with Crippen LogP contribution in [0.1, 0.15) is 29.1 Å². The first-order valence-corrected chi connectivity index (χ1v) is 10.9. The summed E-state index contributed by atoms with van der Waals surface area (Å²) in [6, 6.07) is 9.32. The Kier molecular flexibility index (Phi) is 8.01. The molecule has 0 aliphatic carbocycles. The number of carbonyl (C=O) groups is 2. The van der Waals surface area contributed by atoms with Crippen LogP contribution in [0.15, 0.2) is 35.7 Å². The van der Waals surface area contributed by atoms with Crippen LogP contribution in [0.25, 0.3) is 0 Å². The number of aryl methyl sites for hydroxylation is 1. The molecule has 0 spiro atoms. The van der Waals surface area contributed by atoms with Gasteiger partial charge in [0.05, 0.1) is 29.8 Å². The smallest absolute Gasteiger partial charge is 0.314 e. The molecule has 1 unspecified atom stereocenters. The minimum absolute atomic E-state index is 0.0226. The molecule has 2 heterocycles. The van der Waals surface area contributed by atoms with Crippen LogP contribution in [-0.2, 0) is 22.4 Å². The lowest BCUT2D eigenvalue weighted by Gasteiger charge is -2.30. The fourth-order valence-electron chi connectivity index (χ4n) is 3.22. The van der Waals surface area contributed by atoms with Crippen LogP contribution < -0.4 is 10.6 Å². The summed E-state index contributed by atoms with van der Waals surface area (Å²) in [4.78, 5) is 31.6. The van der Waals surface area contributed by atoms with Gasteiger partial charge >= 0.3 is 6.03 Å². The second-order valence-electron chi connectivity index (χ2n) is 6.87. The number of amides is 3. The quantitative estimate of drug-likeness (QED) is 0.691. The topological polar surface area (TPSA) is 83.6 Å². The molecule has 1 atom stereocenters. The normalized spacial score (nSPS) is 15.0. The molecule has 29 heavy (non-hydrogen) atoms. The van der Waals surface area contributed by atoms with Gasteiger partial charge in [0.15, 0.2) is 0 Å². The molecule has 7 nitrogen and oxygen atoms in total. The molecule has 1 saturated heterocycles. The third-order valence-electron chi connectivity index (χ3n) is 4.86. The molecule has 0 saturated carbocycles. The maximum absolute atomic E-state index is 13.0. The minimum atomic E-state index is -0.411. The number of rotatable bonds is 8. The summed E-state index contributed by atoms with van der Waals surface area (Å²) in [6.45, 7) is 5.11. The van der Waals surface area contributed by atoms with Crippen molar-refractivity contribution >= 4 is 23.3 Å². The van der Waals surface area contributed by atoms with Gasteiger partial charge in [-0.2, -0.15) is 0 Å². The van der Waals surface area contributed by atoms with Crippen molar-refractivity contribution in [2.75, 3.05) is 39.4 Å². The third-order valence-corrected chi connectivity index (χ3v) is 5.90. The summed E-state index contributed by atoms with van der Waals surface area (Å²) in [6.07, 6.45) is 1.62. The van der Waals surface area contributed by atoms with Crippen LogP contribution in [0.2, 0.25) is 0 Å². The van der Waals surface area contributed by atoms with Crippen molar-refractivity contribution in [2.45, 2.75) is 25.7 Å². The summed E-state index contributed by atoms with van der Waals surface area (Å²) < 4.78 is 5.34. The molecule has 2 aromatic rings. The number of hydrogen-bond acceptors (Lipinski definition) is 5. The summed E-state index contributed by atoms with van der Waals surface area (Å²) in [5, 5.41) is 8.85. The Labute approximate surface area is 175 Å². The van der Waals surface area contributed by atoms with Crippen molar-refractivity contribution in [2.24, 2.45) is 0 Å². The lowest BCUT2D eigenvalue weighted by atomic mass is 9.97. The highest BCUT2D eigenvalue weighted by Gasteiger charge is 2.27. The minimum Gasteiger partial charge on any atom is -0.378 e. The maximum atomic E-state index is 13.0. The molecule has 1 aromatic heterocycles. The Bertz CT molecular complexity index is 790. The van der Waals surface area contributed by atoms with E-state index in [1.165, 1.54) is 0 Å². The Morgan fingerprint density at radius 1 is 1.21 bits per heavy atom. The molecule has 3 amide bonds. The van der Waals surface area contributed by atoms with Gasteiger partial charge in [0, 0.05) is 38.0 Å². The molecule has 8 heteroatoms. The van der Waals surface area contributed by atoms with Gasteiger partial charge in [-0.3, -0.25) is 4.79 Å². The maximum Gasteiger partial charge on any atom is 0.314 e. The molecule has 3 rings (SSSR count). The number of nitrogens with one attached hydrogen (secondary N) is 2. The second kappa shape index (κ2) is 10.9. The number of benzene rings is 1. The van der Waals surface area contributed by atoms with Gasteiger partial charge in [-0.05, 0) is 12.0 Å². The van der Waals surface area contributed by atoms with Crippen molar-refractivity contribution in [3.8, 4) is 0 Å². The Morgan fingerprint density at radius 2 is 1.97 bits per heavy atom. The van der Waals surface area contributed by atoms with Crippen molar-refractivity contribution in [1.82, 2.24) is 20.5 Å². The van der Waals surface area contributed by atoms with Crippen LogP contribution in [0, 0.1) is 0 Å². The monoisotopic (exact) mass is 416 g/mol. The fourth-order valence-corrected chi connectivity index (χ4v) is 4.00. The van der Waals surface area contributed by atoms with Gasteiger partial charge in [0.2, 0.25) is 5.91 Å². The highest BCUT2D eigenvalue weighted by Crippen LogP contribution is 2.19. The van der Waals surface area contributed by atoms with E-state index in [0.717, 1.165) is 22.7 Å². The van der Waals surface area contributed by atoms with Gasteiger partial charge in [-0.15, -0.1) is 11.3 Å². The summed E-state index contributed by atoms with van der Waals surface area (Å²) in [5.41, 5.74) is 1.90. The molecule has 0 radical (unpaired) electrons. The van der Waals surface area contributed by atoms with E-state index in [2.05, 4.69) is 22.5 Å². The standard InChI is InChI=1S/C21H28N4O3S/c1-2-19-24-17(15-29-19)8-9-22-21(27)23-14-18(16-6-4-3-5-7-16)20(26)25-10-12-28-13-11-25/h3-7,15,18H,2,8-14H2,1H3,(H2,22,23,27). The molecule has 1 fully saturated rings. The molecule has 0 bridgehead atoms. The highest BCUT2D eigenvalue weighted by molar-refractivity contribution is 7.09. The zero-order chi connectivity index (χ0) is 20.5. The van der Waals surface area contributed by atoms with E-state index < -0.39 is 5.92 Å². The zero-order valence-corrected chi connectivity index (χ0v) is 17.5.